The second-order valence-corrected chi connectivity index (χ2v) is 5.54. The van der Waals surface area contributed by atoms with E-state index < -0.39 is 0 Å². The molecule has 23 heavy (non-hydrogen) atoms. The van der Waals surface area contributed by atoms with Gasteiger partial charge in [0.25, 0.3) is 5.91 Å². The van der Waals surface area contributed by atoms with Crippen molar-refractivity contribution in [1.82, 2.24) is 4.98 Å². The minimum absolute atomic E-state index is 0.321. The van der Waals surface area contributed by atoms with Crippen LogP contribution in [0.4, 0.5) is 5.82 Å². The molecule has 122 valence electrons. The topological polar surface area (TPSA) is 69.7 Å². The van der Waals surface area contributed by atoms with Crippen molar-refractivity contribution >= 4 is 27.7 Å². The van der Waals surface area contributed by atoms with Crippen molar-refractivity contribution in [2.45, 2.75) is 6.92 Å². The Labute approximate surface area is 142 Å². The van der Waals surface area contributed by atoms with Crippen molar-refractivity contribution in [3.8, 4) is 17.2 Å². The number of carbonyl (C=O) groups is 1. The number of anilines is 1. The molecule has 1 N–H and O–H groups in total. The standard InChI is InChI=1S/C16H17BrN2O4/c1-9-5-14(18-8-11(9)17)19-16(20)10-6-12(21-2)15(23-4)13(7-10)22-3/h5-8H,1-4H3,(H,18,19,20). The van der Waals surface area contributed by atoms with Gasteiger partial charge in [-0.3, -0.25) is 4.79 Å². The molecular formula is C16H17BrN2O4. The zero-order valence-corrected chi connectivity index (χ0v) is 14.9. The molecule has 0 spiro atoms. The molecule has 0 aliphatic carbocycles. The third-order valence-electron chi connectivity index (χ3n) is 3.22. The molecule has 0 aliphatic heterocycles. The van der Waals surface area contributed by atoms with Gasteiger partial charge in [0.15, 0.2) is 11.5 Å². The second kappa shape index (κ2) is 7.32. The first-order valence-corrected chi connectivity index (χ1v) is 7.53. The molecule has 0 saturated carbocycles. The quantitative estimate of drug-likeness (QED) is 0.860. The number of ether oxygens (including phenoxy) is 3. The van der Waals surface area contributed by atoms with Gasteiger partial charge >= 0.3 is 0 Å². The van der Waals surface area contributed by atoms with Crippen LogP contribution in [0, 0.1) is 6.92 Å². The number of hydrogen-bond acceptors (Lipinski definition) is 5. The minimum atomic E-state index is -0.321. The molecule has 0 radical (unpaired) electrons. The maximum absolute atomic E-state index is 12.4. The Morgan fingerprint density at radius 3 is 2.17 bits per heavy atom. The average molecular weight is 381 g/mol. The lowest BCUT2D eigenvalue weighted by molar-refractivity contribution is 0.102. The Morgan fingerprint density at radius 2 is 1.70 bits per heavy atom. The largest absolute Gasteiger partial charge is 0.493 e. The highest BCUT2D eigenvalue weighted by molar-refractivity contribution is 9.10. The number of benzene rings is 1. The summed E-state index contributed by atoms with van der Waals surface area (Å²) in [7, 11) is 4.51. The molecule has 1 aromatic carbocycles. The van der Waals surface area contributed by atoms with Gasteiger partial charge in [0.1, 0.15) is 5.82 Å². The summed E-state index contributed by atoms with van der Waals surface area (Å²) in [6, 6.07) is 4.95. The molecule has 1 heterocycles. The monoisotopic (exact) mass is 380 g/mol. The van der Waals surface area contributed by atoms with Crippen LogP contribution in [0.5, 0.6) is 17.2 Å². The number of methoxy groups -OCH3 is 3. The summed E-state index contributed by atoms with van der Waals surface area (Å²) in [5.74, 6) is 1.40. The fraction of sp³-hybridized carbons (Fsp3) is 0.250. The van der Waals surface area contributed by atoms with Crippen LogP contribution in [0.3, 0.4) is 0 Å². The van der Waals surface area contributed by atoms with Crippen molar-refractivity contribution in [2.24, 2.45) is 0 Å². The molecule has 2 rings (SSSR count). The molecule has 1 aromatic heterocycles. The van der Waals surface area contributed by atoms with Gasteiger partial charge in [-0.25, -0.2) is 4.98 Å². The fourth-order valence-corrected chi connectivity index (χ4v) is 2.23. The highest BCUT2D eigenvalue weighted by Crippen LogP contribution is 2.38. The summed E-state index contributed by atoms with van der Waals surface area (Å²) in [6.07, 6.45) is 1.64. The summed E-state index contributed by atoms with van der Waals surface area (Å²) in [5.41, 5.74) is 1.35. The third-order valence-corrected chi connectivity index (χ3v) is 4.05. The van der Waals surface area contributed by atoms with E-state index in [2.05, 4.69) is 26.2 Å². The van der Waals surface area contributed by atoms with Crippen molar-refractivity contribution in [3.05, 3.63) is 40.0 Å². The molecule has 7 heteroatoms. The van der Waals surface area contributed by atoms with Crippen molar-refractivity contribution in [3.63, 3.8) is 0 Å². The number of nitrogens with zero attached hydrogens (tertiary/aromatic N) is 1. The maximum atomic E-state index is 12.4. The molecule has 0 saturated heterocycles. The number of nitrogens with one attached hydrogen (secondary N) is 1. The molecule has 6 nitrogen and oxygen atoms in total. The molecule has 0 fully saturated rings. The van der Waals surface area contributed by atoms with E-state index in [0.717, 1.165) is 10.0 Å². The molecule has 0 atom stereocenters. The number of aryl methyl sites for hydroxylation is 1. The van der Waals surface area contributed by atoms with E-state index in [9.17, 15) is 4.79 Å². The van der Waals surface area contributed by atoms with Crippen molar-refractivity contribution < 1.29 is 19.0 Å². The predicted octanol–water partition coefficient (Wildman–Crippen LogP) is 3.43. The first-order valence-electron chi connectivity index (χ1n) is 6.73. The highest BCUT2D eigenvalue weighted by Gasteiger charge is 2.17. The van der Waals surface area contributed by atoms with E-state index in [-0.39, 0.29) is 5.91 Å². The van der Waals surface area contributed by atoms with Crippen LogP contribution in [0.15, 0.2) is 28.9 Å². The predicted molar refractivity (Wildman–Crippen MR) is 90.7 cm³/mol. The number of hydrogen-bond donors (Lipinski definition) is 1. The smallest absolute Gasteiger partial charge is 0.257 e. The molecule has 1 amide bonds. The molecule has 0 aliphatic rings. The van der Waals surface area contributed by atoms with Crippen molar-refractivity contribution in [1.29, 1.82) is 0 Å². The Kier molecular flexibility index (Phi) is 5.44. The van der Waals surface area contributed by atoms with Gasteiger partial charge in [-0.05, 0) is 46.6 Å². The van der Waals surface area contributed by atoms with Crippen molar-refractivity contribution in [2.75, 3.05) is 26.6 Å². The summed E-state index contributed by atoms with van der Waals surface area (Å²) in [5, 5.41) is 2.74. The molecule has 0 unspecified atom stereocenters. The first-order chi connectivity index (χ1) is 11.0. The minimum Gasteiger partial charge on any atom is -0.493 e. The lowest BCUT2D eigenvalue weighted by atomic mass is 10.1. The van der Waals surface area contributed by atoms with Gasteiger partial charge in [-0.15, -0.1) is 0 Å². The number of aromatic nitrogens is 1. The number of halogens is 1. The van der Waals surface area contributed by atoms with Gasteiger partial charge in [0.2, 0.25) is 5.75 Å². The van der Waals surface area contributed by atoms with Crippen LogP contribution in [0.25, 0.3) is 0 Å². The van der Waals surface area contributed by atoms with Crippen LogP contribution in [-0.2, 0) is 0 Å². The average Bonchev–Trinajstić information content (AvgIpc) is 2.56. The number of rotatable bonds is 5. The summed E-state index contributed by atoms with van der Waals surface area (Å²) in [6.45, 7) is 1.92. The van der Waals surface area contributed by atoms with E-state index >= 15 is 0 Å². The summed E-state index contributed by atoms with van der Waals surface area (Å²) < 4.78 is 16.6. The van der Waals surface area contributed by atoms with Gasteiger partial charge in [-0.2, -0.15) is 0 Å². The Balaban J connectivity index is 2.33. The van der Waals surface area contributed by atoms with Crippen LogP contribution in [-0.4, -0.2) is 32.2 Å². The number of carbonyl (C=O) groups excluding carboxylic acids is 1. The number of amides is 1. The molecule has 2 aromatic rings. The highest BCUT2D eigenvalue weighted by atomic mass is 79.9. The van der Waals surface area contributed by atoms with E-state index in [1.54, 1.807) is 24.4 Å². The fourth-order valence-electron chi connectivity index (χ4n) is 2.01. The normalized spacial score (nSPS) is 10.1. The molecular weight excluding hydrogens is 364 g/mol. The lowest BCUT2D eigenvalue weighted by Gasteiger charge is -2.14. The van der Waals surface area contributed by atoms with E-state index in [4.69, 9.17) is 14.2 Å². The van der Waals surface area contributed by atoms with Gasteiger partial charge in [0.05, 0.1) is 21.3 Å². The third kappa shape index (κ3) is 3.73. The second-order valence-electron chi connectivity index (χ2n) is 4.69. The van der Waals surface area contributed by atoms with Crippen LogP contribution in [0.2, 0.25) is 0 Å². The Morgan fingerprint density at radius 1 is 1.09 bits per heavy atom. The molecule has 0 bridgehead atoms. The SMILES string of the molecule is COc1cc(C(=O)Nc2cc(C)c(Br)cn2)cc(OC)c1OC. The zero-order valence-electron chi connectivity index (χ0n) is 13.3. The van der Waals surface area contributed by atoms with Gasteiger partial charge in [-0.1, -0.05) is 0 Å². The summed E-state index contributed by atoms with van der Waals surface area (Å²) in [4.78, 5) is 16.6. The van der Waals surface area contributed by atoms with Crippen LogP contribution < -0.4 is 19.5 Å². The zero-order chi connectivity index (χ0) is 17.0. The van der Waals surface area contributed by atoms with Gasteiger partial charge < -0.3 is 19.5 Å². The maximum Gasteiger partial charge on any atom is 0.257 e. The Bertz CT molecular complexity index is 709. The summed E-state index contributed by atoms with van der Waals surface area (Å²) >= 11 is 3.37. The van der Waals surface area contributed by atoms with E-state index in [1.807, 2.05) is 6.92 Å². The van der Waals surface area contributed by atoms with Crippen LogP contribution >= 0.6 is 15.9 Å². The lowest BCUT2D eigenvalue weighted by Crippen LogP contribution is -2.13. The first kappa shape index (κ1) is 17.1. The van der Waals surface area contributed by atoms with E-state index in [0.29, 0.717) is 28.6 Å². The van der Waals surface area contributed by atoms with Gasteiger partial charge in [0, 0.05) is 16.2 Å². The number of pyridine rings is 1. The Hall–Kier alpha value is -2.28. The van der Waals surface area contributed by atoms with E-state index in [1.165, 1.54) is 21.3 Å². The van der Waals surface area contributed by atoms with Crippen LogP contribution in [0.1, 0.15) is 15.9 Å².